The van der Waals surface area contributed by atoms with E-state index in [-0.39, 0.29) is 11.7 Å². The molecule has 1 saturated carbocycles. The van der Waals surface area contributed by atoms with E-state index in [1.54, 1.807) is 12.1 Å². The largest absolute Gasteiger partial charge is 0.461 e. The van der Waals surface area contributed by atoms with Gasteiger partial charge in [-0.1, -0.05) is 64.3 Å². The van der Waals surface area contributed by atoms with Crippen molar-refractivity contribution in [3.8, 4) is 11.8 Å². The van der Waals surface area contributed by atoms with Crippen molar-refractivity contribution in [2.24, 2.45) is 11.8 Å². The van der Waals surface area contributed by atoms with Crippen molar-refractivity contribution in [2.45, 2.75) is 92.9 Å². The maximum atomic E-state index is 13.3. The van der Waals surface area contributed by atoms with Gasteiger partial charge in [0.25, 0.3) is 0 Å². The van der Waals surface area contributed by atoms with Gasteiger partial charge in [0, 0.05) is 23.5 Å². The van der Waals surface area contributed by atoms with Crippen molar-refractivity contribution in [1.29, 1.82) is 5.26 Å². The van der Waals surface area contributed by atoms with Crippen LogP contribution in [0.1, 0.15) is 104 Å². The fourth-order valence-electron chi connectivity index (χ4n) is 4.05. The van der Waals surface area contributed by atoms with Gasteiger partial charge in [0.1, 0.15) is 11.5 Å². The van der Waals surface area contributed by atoms with Crippen molar-refractivity contribution >= 4 is 11.4 Å². The van der Waals surface area contributed by atoms with Gasteiger partial charge in [-0.2, -0.15) is 5.26 Å². The number of nitriles is 1. The Morgan fingerprint density at radius 2 is 1.97 bits per heavy atom. The molecule has 3 heteroatoms. The number of nitrogens with zero attached hydrogens (tertiary/aromatic N) is 1. The van der Waals surface area contributed by atoms with Crippen LogP contribution in [0.5, 0.6) is 5.75 Å². The Kier molecular flexibility index (Phi) is 11.8. The van der Waals surface area contributed by atoms with Gasteiger partial charge in [-0.15, -0.1) is 0 Å². The normalized spacial score (nSPS) is 16.1. The molecule has 1 aromatic rings. The first-order valence-corrected chi connectivity index (χ1v) is 13.4. The van der Waals surface area contributed by atoms with Gasteiger partial charge in [0.05, 0.1) is 11.6 Å². The Bertz CT molecular complexity index is 1030. The number of hydrogen-bond donors (Lipinski definition) is 0. The topological polar surface area (TPSA) is 50.1 Å². The quantitative estimate of drug-likeness (QED) is 0.117. The van der Waals surface area contributed by atoms with E-state index < -0.39 is 0 Å². The zero-order valence-corrected chi connectivity index (χ0v) is 22.6. The first-order valence-electron chi connectivity index (χ1n) is 13.4. The number of ether oxygens (including phenoxy) is 1. The van der Waals surface area contributed by atoms with Crippen LogP contribution in [0.15, 0.2) is 59.4 Å². The summed E-state index contributed by atoms with van der Waals surface area (Å²) in [4.78, 5) is 13.3. The average Bonchev–Trinajstić information content (AvgIpc) is 3.72. The fraction of sp³-hybridized carbons (Fsp3) is 0.500. The molecule has 1 fully saturated rings. The third-order valence-electron chi connectivity index (χ3n) is 6.81. The lowest BCUT2D eigenvalue weighted by Crippen LogP contribution is -2.13. The van der Waals surface area contributed by atoms with Gasteiger partial charge in [0.15, 0.2) is 5.78 Å². The van der Waals surface area contributed by atoms with E-state index in [1.165, 1.54) is 24.0 Å². The lowest BCUT2D eigenvalue weighted by atomic mass is 9.90. The van der Waals surface area contributed by atoms with Crippen LogP contribution in [-0.2, 0) is 4.79 Å². The first kappa shape index (κ1) is 28.4. The minimum atomic E-state index is -0.0915. The molecule has 0 aliphatic heterocycles. The lowest BCUT2D eigenvalue weighted by Gasteiger charge is -2.18. The van der Waals surface area contributed by atoms with Crippen LogP contribution in [0, 0.1) is 23.2 Å². The molecular formula is C32H43NO2. The highest BCUT2D eigenvalue weighted by atomic mass is 16.5. The lowest BCUT2D eigenvalue weighted by molar-refractivity contribution is -0.116. The number of Topliss-reactive ketones (excluding diaryl/α,β-unsaturated/α-hetero) is 1. The monoisotopic (exact) mass is 473 g/mol. The number of benzene rings is 1. The highest BCUT2D eigenvalue weighted by molar-refractivity contribution is 6.22. The van der Waals surface area contributed by atoms with Crippen molar-refractivity contribution < 1.29 is 9.53 Å². The van der Waals surface area contributed by atoms with E-state index in [2.05, 4.69) is 32.9 Å². The van der Waals surface area contributed by atoms with E-state index in [0.717, 1.165) is 49.8 Å². The SMILES string of the molecule is C/C=C\C=C(/C(=O)C(C)CC)c1ccc(C#N)cc1O/C(=C/C(=C(/C)CC)C1CC1)CCCCC. The second kappa shape index (κ2) is 14.5. The Balaban J connectivity index is 2.60. The molecule has 0 bridgehead atoms. The first-order chi connectivity index (χ1) is 16.9. The molecule has 0 amide bonds. The van der Waals surface area contributed by atoms with Gasteiger partial charge in [0.2, 0.25) is 0 Å². The Labute approximate surface area is 213 Å². The average molecular weight is 474 g/mol. The third-order valence-corrected chi connectivity index (χ3v) is 6.81. The molecule has 35 heavy (non-hydrogen) atoms. The number of carbonyl (C=O) groups excluding carboxylic acids is 1. The smallest absolute Gasteiger partial charge is 0.166 e. The molecule has 1 unspecified atom stereocenters. The molecular weight excluding hydrogens is 430 g/mol. The van der Waals surface area contributed by atoms with Crippen molar-refractivity contribution in [3.05, 3.63) is 70.5 Å². The van der Waals surface area contributed by atoms with E-state index in [4.69, 9.17) is 4.74 Å². The summed E-state index contributed by atoms with van der Waals surface area (Å²) in [5.74, 6) is 2.14. The Morgan fingerprint density at radius 3 is 2.54 bits per heavy atom. The summed E-state index contributed by atoms with van der Waals surface area (Å²) in [5, 5.41) is 9.59. The molecule has 0 heterocycles. The molecule has 0 aromatic heterocycles. The summed E-state index contributed by atoms with van der Waals surface area (Å²) < 4.78 is 6.62. The summed E-state index contributed by atoms with van der Waals surface area (Å²) >= 11 is 0. The van der Waals surface area contributed by atoms with E-state index in [9.17, 15) is 10.1 Å². The fourth-order valence-corrected chi connectivity index (χ4v) is 4.05. The Morgan fingerprint density at radius 1 is 1.23 bits per heavy atom. The second-order valence-electron chi connectivity index (χ2n) is 9.64. The van der Waals surface area contributed by atoms with Gasteiger partial charge in [-0.25, -0.2) is 0 Å². The number of allylic oxidation sites excluding steroid dienone is 8. The van der Waals surface area contributed by atoms with Gasteiger partial charge in [-0.3, -0.25) is 4.79 Å². The second-order valence-corrected chi connectivity index (χ2v) is 9.64. The number of hydrogen-bond acceptors (Lipinski definition) is 3. The van der Waals surface area contributed by atoms with Crippen LogP contribution in [0.3, 0.4) is 0 Å². The summed E-state index contributed by atoms with van der Waals surface area (Å²) in [6.45, 7) is 12.6. The number of rotatable bonds is 14. The molecule has 0 saturated heterocycles. The molecule has 0 spiro atoms. The third kappa shape index (κ3) is 8.39. The maximum Gasteiger partial charge on any atom is 0.166 e. The molecule has 2 rings (SSSR count). The van der Waals surface area contributed by atoms with Crippen molar-refractivity contribution in [3.63, 3.8) is 0 Å². The zero-order valence-electron chi connectivity index (χ0n) is 22.6. The predicted octanol–water partition coefficient (Wildman–Crippen LogP) is 9.11. The summed E-state index contributed by atoms with van der Waals surface area (Å²) in [7, 11) is 0. The van der Waals surface area contributed by atoms with Gasteiger partial charge < -0.3 is 4.74 Å². The van der Waals surface area contributed by atoms with Crippen LogP contribution in [0.2, 0.25) is 0 Å². The highest BCUT2D eigenvalue weighted by Gasteiger charge is 2.27. The van der Waals surface area contributed by atoms with Crippen LogP contribution >= 0.6 is 0 Å². The molecule has 1 aliphatic rings. The minimum Gasteiger partial charge on any atom is -0.461 e. The van der Waals surface area contributed by atoms with Crippen LogP contribution in [0.4, 0.5) is 0 Å². The number of unbranched alkanes of at least 4 members (excludes halogenated alkanes) is 2. The van der Waals surface area contributed by atoms with Gasteiger partial charge in [-0.05, 0) is 81.7 Å². The molecule has 1 aliphatic carbocycles. The summed E-state index contributed by atoms with van der Waals surface area (Å²) in [6, 6.07) is 7.65. The minimum absolute atomic E-state index is 0.0915. The van der Waals surface area contributed by atoms with Crippen LogP contribution < -0.4 is 4.74 Å². The molecule has 3 nitrogen and oxygen atoms in total. The molecule has 188 valence electrons. The predicted molar refractivity (Wildman–Crippen MR) is 147 cm³/mol. The number of carbonyl (C=O) groups is 1. The van der Waals surface area contributed by atoms with Crippen molar-refractivity contribution in [2.75, 3.05) is 0 Å². The van der Waals surface area contributed by atoms with Crippen LogP contribution in [-0.4, -0.2) is 5.78 Å². The van der Waals surface area contributed by atoms with E-state index >= 15 is 0 Å². The van der Waals surface area contributed by atoms with E-state index in [0.29, 0.717) is 22.8 Å². The standard InChI is InChI=1S/C32H43NO2/c1-7-11-13-14-27(21-30(23(5)9-3)26-17-18-26)35-31-20-25(22-33)16-19-28(31)29(15-12-8-2)32(34)24(6)10-4/h8,12,15-16,19-21,24,26H,7,9-11,13-14,17-18H2,1-6H3/b12-8-,27-21+,29-15-,30-23+. The summed E-state index contributed by atoms with van der Waals surface area (Å²) in [5.41, 5.74) is 4.72. The number of ketones is 1. The molecule has 0 radical (unpaired) electrons. The van der Waals surface area contributed by atoms with Gasteiger partial charge >= 0.3 is 0 Å². The maximum absolute atomic E-state index is 13.3. The van der Waals surface area contributed by atoms with E-state index in [1.807, 2.05) is 45.1 Å². The summed E-state index contributed by atoms with van der Waals surface area (Å²) in [6.07, 6.45) is 16.4. The molecule has 0 N–H and O–H groups in total. The molecule has 1 atom stereocenters. The zero-order chi connectivity index (χ0) is 25.8. The highest BCUT2D eigenvalue weighted by Crippen LogP contribution is 2.41. The van der Waals surface area contributed by atoms with Crippen LogP contribution in [0.25, 0.3) is 5.57 Å². The van der Waals surface area contributed by atoms with Crippen molar-refractivity contribution in [1.82, 2.24) is 0 Å². The Hall–Kier alpha value is -2.86. The molecule has 1 aromatic carbocycles.